The Hall–Kier alpha value is -2.55. The Kier molecular flexibility index (Phi) is 4.57. The van der Waals surface area contributed by atoms with Gasteiger partial charge in [-0.2, -0.15) is 13.2 Å². The summed E-state index contributed by atoms with van der Waals surface area (Å²) in [4.78, 5) is 27.4. The molecule has 0 aliphatic carbocycles. The first kappa shape index (κ1) is 18.8. The minimum Gasteiger partial charge on any atom is -0.366 e. The number of carbonyl (C=O) groups is 2. The number of nitrogens with one attached hydrogen (secondary N) is 2. The number of carbonyl (C=O) groups excluding carboxylic acids is 2. The van der Waals surface area contributed by atoms with Gasteiger partial charge >= 0.3 is 6.18 Å². The molecule has 150 valence electrons. The first-order chi connectivity index (χ1) is 13.3. The molecule has 3 atom stereocenters. The standard InChI is InChI=1S/C19H21F3N4O2/c1-11-13(17(27)25-9-5-6-10-25)18(28)26-16(23-11)14(12-7-3-2-4-8-12)15(24-26)19(20,21)22/h2-4,7-8,14-16,23-24H,5-6,9-10H2,1H3. The monoisotopic (exact) mass is 394 g/mol. The van der Waals surface area contributed by atoms with E-state index < -0.39 is 36.1 Å². The Morgan fingerprint density at radius 2 is 1.79 bits per heavy atom. The van der Waals surface area contributed by atoms with Gasteiger partial charge < -0.3 is 10.2 Å². The van der Waals surface area contributed by atoms with Crippen molar-refractivity contribution in [3.05, 3.63) is 47.2 Å². The lowest BCUT2D eigenvalue weighted by Crippen LogP contribution is -2.56. The van der Waals surface area contributed by atoms with Crippen molar-refractivity contribution in [1.29, 1.82) is 0 Å². The van der Waals surface area contributed by atoms with E-state index in [9.17, 15) is 22.8 Å². The number of fused-ring (bicyclic) bond motifs is 1. The lowest BCUT2D eigenvalue weighted by molar-refractivity contribution is -0.161. The maximum atomic E-state index is 13.7. The van der Waals surface area contributed by atoms with Crippen LogP contribution in [0.2, 0.25) is 0 Å². The van der Waals surface area contributed by atoms with Crippen LogP contribution in [0.1, 0.15) is 31.2 Å². The molecule has 2 amide bonds. The molecular weight excluding hydrogens is 373 g/mol. The first-order valence-electron chi connectivity index (χ1n) is 9.27. The van der Waals surface area contributed by atoms with Crippen molar-refractivity contribution in [2.24, 2.45) is 0 Å². The van der Waals surface area contributed by atoms with Crippen LogP contribution in [0.25, 0.3) is 0 Å². The van der Waals surface area contributed by atoms with Gasteiger partial charge in [-0.25, -0.2) is 10.4 Å². The quantitative estimate of drug-likeness (QED) is 0.752. The zero-order valence-corrected chi connectivity index (χ0v) is 15.3. The Labute approximate surface area is 160 Å². The molecule has 6 nitrogen and oxygen atoms in total. The maximum absolute atomic E-state index is 13.7. The smallest absolute Gasteiger partial charge is 0.366 e. The van der Waals surface area contributed by atoms with E-state index in [1.807, 2.05) is 0 Å². The molecular formula is C19H21F3N4O2. The van der Waals surface area contributed by atoms with Gasteiger partial charge in [0.2, 0.25) is 0 Å². The predicted molar refractivity (Wildman–Crippen MR) is 94.4 cm³/mol. The number of benzene rings is 1. The number of hydrogen-bond donors (Lipinski definition) is 2. The highest BCUT2D eigenvalue weighted by atomic mass is 19.4. The summed E-state index contributed by atoms with van der Waals surface area (Å²) in [5.74, 6) is -2.19. The minimum absolute atomic E-state index is 0.0970. The topological polar surface area (TPSA) is 64.7 Å². The van der Waals surface area contributed by atoms with Gasteiger partial charge in [0.05, 0.1) is 5.92 Å². The van der Waals surface area contributed by atoms with Gasteiger partial charge in [0.25, 0.3) is 11.8 Å². The number of hydrazine groups is 1. The third-order valence-electron chi connectivity index (χ3n) is 5.57. The summed E-state index contributed by atoms with van der Waals surface area (Å²) >= 11 is 0. The van der Waals surface area contributed by atoms with Crippen LogP contribution in [-0.2, 0) is 9.59 Å². The summed E-state index contributed by atoms with van der Waals surface area (Å²) in [5, 5.41) is 3.93. The Bertz CT molecular complexity index is 818. The van der Waals surface area contributed by atoms with Crippen LogP contribution in [0.3, 0.4) is 0 Å². The predicted octanol–water partition coefficient (Wildman–Crippen LogP) is 1.87. The van der Waals surface area contributed by atoms with Crippen LogP contribution in [0.4, 0.5) is 13.2 Å². The summed E-state index contributed by atoms with van der Waals surface area (Å²) < 4.78 is 41.2. The lowest BCUT2D eigenvalue weighted by Gasteiger charge is -2.35. The van der Waals surface area contributed by atoms with Gasteiger partial charge in [-0.3, -0.25) is 9.59 Å². The van der Waals surface area contributed by atoms with Crippen molar-refractivity contribution in [3.63, 3.8) is 0 Å². The van der Waals surface area contributed by atoms with Gasteiger partial charge in [-0.1, -0.05) is 30.3 Å². The molecule has 3 aliphatic rings. The fourth-order valence-electron chi connectivity index (χ4n) is 4.22. The Morgan fingerprint density at radius 1 is 1.14 bits per heavy atom. The summed E-state index contributed by atoms with van der Waals surface area (Å²) in [6, 6.07) is 6.35. The molecule has 1 aromatic carbocycles. The molecule has 0 spiro atoms. The largest absolute Gasteiger partial charge is 0.406 e. The Morgan fingerprint density at radius 3 is 2.39 bits per heavy atom. The van der Waals surface area contributed by atoms with Crippen molar-refractivity contribution < 1.29 is 22.8 Å². The van der Waals surface area contributed by atoms with Crippen molar-refractivity contribution in [1.82, 2.24) is 20.7 Å². The SMILES string of the molecule is CC1=C(C(=O)N2CCCC2)C(=O)N2NC(C(F)(F)F)C(c3ccccc3)C2N1. The van der Waals surface area contributed by atoms with E-state index in [4.69, 9.17) is 0 Å². The number of halogens is 3. The molecule has 4 rings (SSSR count). The number of alkyl halides is 3. The molecule has 2 saturated heterocycles. The van der Waals surface area contributed by atoms with Gasteiger partial charge in [0.15, 0.2) is 0 Å². The number of nitrogens with zero attached hydrogens (tertiary/aromatic N) is 2. The van der Waals surface area contributed by atoms with Gasteiger partial charge in [-0.15, -0.1) is 0 Å². The summed E-state index contributed by atoms with van der Waals surface area (Å²) in [6.07, 6.45) is -3.78. The average Bonchev–Trinajstić information content (AvgIpc) is 3.30. The second kappa shape index (κ2) is 6.80. The molecule has 9 heteroatoms. The van der Waals surface area contributed by atoms with Crippen molar-refractivity contribution >= 4 is 11.8 Å². The highest BCUT2D eigenvalue weighted by Gasteiger charge is 2.58. The molecule has 3 unspecified atom stereocenters. The number of likely N-dealkylation sites (tertiary alicyclic amines) is 1. The molecule has 2 N–H and O–H groups in total. The summed E-state index contributed by atoms with van der Waals surface area (Å²) in [6.45, 7) is 2.68. The van der Waals surface area contributed by atoms with Crippen molar-refractivity contribution in [3.8, 4) is 0 Å². The van der Waals surface area contributed by atoms with Gasteiger partial charge in [0, 0.05) is 18.8 Å². The van der Waals surface area contributed by atoms with E-state index in [-0.39, 0.29) is 5.57 Å². The molecule has 3 heterocycles. The van der Waals surface area contributed by atoms with E-state index in [0.29, 0.717) is 24.4 Å². The third kappa shape index (κ3) is 3.03. The van der Waals surface area contributed by atoms with E-state index in [1.165, 1.54) is 0 Å². The molecule has 3 aliphatic heterocycles. The molecule has 0 bridgehead atoms. The van der Waals surface area contributed by atoms with E-state index in [0.717, 1.165) is 17.9 Å². The number of amides is 2. The fourth-order valence-corrected chi connectivity index (χ4v) is 4.22. The molecule has 28 heavy (non-hydrogen) atoms. The number of hydrogen-bond acceptors (Lipinski definition) is 4. The summed E-state index contributed by atoms with van der Waals surface area (Å²) in [5.41, 5.74) is 3.00. The zero-order chi connectivity index (χ0) is 20.1. The highest BCUT2D eigenvalue weighted by molar-refractivity contribution is 6.19. The average molecular weight is 394 g/mol. The normalized spacial score (nSPS) is 27.9. The number of allylic oxidation sites excluding steroid dienone is 1. The van der Waals surface area contributed by atoms with Crippen molar-refractivity contribution in [2.75, 3.05) is 13.1 Å². The first-order valence-corrected chi connectivity index (χ1v) is 9.27. The van der Waals surface area contributed by atoms with E-state index in [2.05, 4.69) is 10.7 Å². The maximum Gasteiger partial charge on any atom is 0.406 e. The third-order valence-corrected chi connectivity index (χ3v) is 5.57. The molecule has 0 saturated carbocycles. The van der Waals surface area contributed by atoms with E-state index in [1.54, 1.807) is 42.2 Å². The number of rotatable bonds is 2. The fraction of sp³-hybridized carbons (Fsp3) is 0.474. The van der Waals surface area contributed by atoms with Gasteiger partial charge in [0.1, 0.15) is 17.8 Å². The van der Waals surface area contributed by atoms with Crippen LogP contribution in [0.15, 0.2) is 41.6 Å². The molecule has 2 fully saturated rings. The zero-order valence-electron chi connectivity index (χ0n) is 15.3. The Balaban J connectivity index is 1.70. The molecule has 0 radical (unpaired) electrons. The molecule has 1 aromatic rings. The second-order valence-electron chi connectivity index (χ2n) is 7.35. The van der Waals surface area contributed by atoms with Crippen LogP contribution < -0.4 is 10.7 Å². The molecule has 0 aromatic heterocycles. The second-order valence-corrected chi connectivity index (χ2v) is 7.35. The lowest BCUT2D eigenvalue weighted by atomic mass is 9.89. The highest BCUT2D eigenvalue weighted by Crippen LogP contribution is 2.41. The summed E-state index contributed by atoms with van der Waals surface area (Å²) in [7, 11) is 0. The van der Waals surface area contributed by atoms with Gasteiger partial charge in [-0.05, 0) is 25.3 Å². The van der Waals surface area contributed by atoms with Crippen LogP contribution in [0.5, 0.6) is 0 Å². The van der Waals surface area contributed by atoms with Crippen LogP contribution in [-0.4, -0.2) is 53.2 Å². The van der Waals surface area contributed by atoms with E-state index >= 15 is 0 Å². The van der Waals surface area contributed by atoms with Crippen LogP contribution in [0, 0.1) is 0 Å². The minimum atomic E-state index is -4.56. The van der Waals surface area contributed by atoms with Crippen molar-refractivity contribution in [2.45, 2.75) is 44.1 Å². The van der Waals surface area contributed by atoms with Crippen LogP contribution >= 0.6 is 0 Å².